The van der Waals surface area contributed by atoms with Gasteiger partial charge in [0.2, 0.25) is 0 Å². The Kier molecular flexibility index (Phi) is 8.72. The molecular weight excluding hydrogens is 252 g/mol. The van der Waals surface area contributed by atoms with Gasteiger partial charge in [0.05, 0.1) is 0 Å². The molecule has 0 saturated carbocycles. The van der Waals surface area contributed by atoms with Crippen molar-refractivity contribution in [3.8, 4) is 0 Å². The Morgan fingerprint density at radius 3 is 2.60 bits per heavy atom. The maximum absolute atomic E-state index is 11.7. The van der Waals surface area contributed by atoms with Crippen LogP contribution in [0.15, 0.2) is 30.3 Å². The molecule has 0 fully saturated rings. The molecule has 0 amide bonds. The van der Waals surface area contributed by atoms with E-state index in [0.29, 0.717) is 18.9 Å². The van der Waals surface area contributed by atoms with Crippen molar-refractivity contribution in [3.63, 3.8) is 0 Å². The molecule has 1 unspecified atom stereocenters. The van der Waals surface area contributed by atoms with E-state index in [0.717, 1.165) is 37.7 Å². The molecule has 0 bridgehead atoms. The Balaban J connectivity index is 2.23. The largest absolute Gasteiger partial charge is 0.461 e. The zero-order chi connectivity index (χ0) is 14.6. The van der Waals surface area contributed by atoms with Crippen LogP contribution in [0.25, 0.3) is 0 Å². The lowest BCUT2D eigenvalue weighted by molar-refractivity contribution is -0.145. The number of carbonyl (C=O) groups excluding carboxylic acids is 1. The molecule has 0 aliphatic carbocycles. The van der Waals surface area contributed by atoms with E-state index in [9.17, 15) is 4.79 Å². The fourth-order valence-electron chi connectivity index (χ4n) is 2.24. The van der Waals surface area contributed by atoms with Crippen LogP contribution in [0.4, 0.5) is 0 Å². The average Bonchev–Trinajstić information content (AvgIpc) is 2.49. The Morgan fingerprint density at radius 1 is 1.20 bits per heavy atom. The smallest absolute Gasteiger partial charge is 0.306 e. The van der Waals surface area contributed by atoms with Gasteiger partial charge in [0, 0.05) is 13.0 Å². The molecule has 0 radical (unpaired) electrons. The van der Waals surface area contributed by atoms with Crippen molar-refractivity contribution in [2.75, 3.05) is 6.61 Å². The highest BCUT2D eigenvalue weighted by molar-refractivity contribution is 5.69. The van der Waals surface area contributed by atoms with E-state index in [2.05, 4.69) is 6.92 Å². The molecule has 1 N–H and O–H groups in total. The first-order valence-electron chi connectivity index (χ1n) is 7.56. The van der Waals surface area contributed by atoms with Crippen LogP contribution in [-0.2, 0) is 16.1 Å². The summed E-state index contributed by atoms with van der Waals surface area (Å²) in [5.74, 6) is 0.289. The molecule has 0 aromatic heterocycles. The predicted octanol–water partition coefficient (Wildman–Crippen LogP) is 3.70. The zero-order valence-electron chi connectivity index (χ0n) is 12.4. The molecule has 0 spiro atoms. The third-order valence-corrected chi connectivity index (χ3v) is 3.50. The van der Waals surface area contributed by atoms with Crippen molar-refractivity contribution in [1.29, 1.82) is 0 Å². The van der Waals surface area contributed by atoms with Crippen molar-refractivity contribution < 1.29 is 14.6 Å². The molecule has 0 aliphatic heterocycles. The van der Waals surface area contributed by atoms with E-state index < -0.39 is 0 Å². The van der Waals surface area contributed by atoms with Crippen LogP contribution in [0, 0.1) is 5.92 Å². The summed E-state index contributed by atoms with van der Waals surface area (Å²) in [6, 6.07) is 9.71. The number of ether oxygens (including phenoxy) is 1. The third kappa shape index (κ3) is 7.29. The maximum atomic E-state index is 11.7. The molecule has 0 aliphatic rings. The fourth-order valence-corrected chi connectivity index (χ4v) is 2.24. The normalized spacial score (nSPS) is 12.1. The van der Waals surface area contributed by atoms with Crippen molar-refractivity contribution in [1.82, 2.24) is 0 Å². The number of benzene rings is 1. The molecular formula is C17H26O3. The molecule has 112 valence electrons. The number of hydrogen-bond acceptors (Lipinski definition) is 3. The minimum Gasteiger partial charge on any atom is -0.461 e. The minimum absolute atomic E-state index is 0.145. The number of aliphatic hydroxyl groups excluding tert-OH is 1. The summed E-state index contributed by atoms with van der Waals surface area (Å²) in [4.78, 5) is 11.7. The van der Waals surface area contributed by atoms with Gasteiger partial charge in [0.15, 0.2) is 0 Å². The van der Waals surface area contributed by atoms with Gasteiger partial charge in [-0.3, -0.25) is 4.79 Å². The van der Waals surface area contributed by atoms with E-state index in [-0.39, 0.29) is 12.6 Å². The Labute approximate surface area is 122 Å². The molecule has 3 nitrogen and oxygen atoms in total. The molecule has 1 aromatic carbocycles. The Hall–Kier alpha value is -1.35. The van der Waals surface area contributed by atoms with Gasteiger partial charge in [0.25, 0.3) is 0 Å². The van der Waals surface area contributed by atoms with Crippen LogP contribution >= 0.6 is 0 Å². The van der Waals surface area contributed by atoms with Crippen molar-refractivity contribution >= 4 is 5.97 Å². The number of rotatable bonds is 10. The number of hydrogen-bond donors (Lipinski definition) is 1. The van der Waals surface area contributed by atoms with E-state index >= 15 is 0 Å². The van der Waals surface area contributed by atoms with Gasteiger partial charge >= 0.3 is 5.97 Å². The highest BCUT2D eigenvalue weighted by Crippen LogP contribution is 2.19. The van der Waals surface area contributed by atoms with Gasteiger partial charge in [-0.1, -0.05) is 56.5 Å². The van der Waals surface area contributed by atoms with Gasteiger partial charge in [0.1, 0.15) is 6.61 Å². The molecule has 1 rings (SSSR count). The molecule has 1 aromatic rings. The van der Waals surface area contributed by atoms with Gasteiger partial charge in [-0.25, -0.2) is 0 Å². The SMILES string of the molecule is CCCCC(CCO)CCC(=O)OCc1ccccc1. The maximum Gasteiger partial charge on any atom is 0.306 e. The Bertz CT molecular complexity index is 362. The number of esters is 1. The lowest BCUT2D eigenvalue weighted by Crippen LogP contribution is -2.09. The van der Waals surface area contributed by atoms with Crippen molar-refractivity contribution in [3.05, 3.63) is 35.9 Å². The summed E-state index contributed by atoms with van der Waals surface area (Å²) in [6.07, 6.45) is 5.44. The van der Waals surface area contributed by atoms with Gasteiger partial charge in [-0.15, -0.1) is 0 Å². The summed E-state index contributed by atoms with van der Waals surface area (Å²) in [5, 5.41) is 9.04. The number of carbonyl (C=O) groups is 1. The molecule has 0 saturated heterocycles. The summed E-state index contributed by atoms with van der Waals surface area (Å²) in [7, 11) is 0. The molecule has 20 heavy (non-hydrogen) atoms. The highest BCUT2D eigenvalue weighted by atomic mass is 16.5. The molecule has 0 heterocycles. The van der Waals surface area contributed by atoms with Gasteiger partial charge < -0.3 is 9.84 Å². The zero-order valence-corrected chi connectivity index (χ0v) is 12.4. The molecule has 3 heteroatoms. The quantitative estimate of drug-likeness (QED) is 0.664. The van der Waals surface area contributed by atoms with Crippen LogP contribution in [0.2, 0.25) is 0 Å². The van der Waals surface area contributed by atoms with E-state index in [1.165, 1.54) is 0 Å². The summed E-state index contributed by atoms with van der Waals surface area (Å²) < 4.78 is 5.26. The highest BCUT2D eigenvalue weighted by Gasteiger charge is 2.11. The second-order valence-corrected chi connectivity index (χ2v) is 5.21. The van der Waals surface area contributed by atoms with Gasteiger partial charge in [-0.2, -0.15) is 0 Å². The minimum atomic E-state index is -0.145. The van der Waals surface area contributed by atoms with E-state index in [4.69, 9.17) is 9.84 Å². The summed E-state index contributed by atoms with van der Waals surface area (Å²) in [6.45, 7) is 2.71. The first-order valence-corrected chi connectivity index (χ1v) is 7.56. The fraction of sp³-hybridized carbons (Fsp3) is 0.588. The third-order valence-electron chi connectivity index (χ3n) is 3.50. The van der Waals surface area contributed by atoms with Crippen LogP contribution in [0.1, 0.15) is 51.0 Å². The van der Waals surface area contributed by atoms with Crippen molar-refractivity contribution in [2.45, 2.75) is 52.1 Å². The Morgan fingerprint density at radius 2 is 1.95 bits per heavy atom. The topological polar surface area (TPSA) is 46.5 Å². The monoisotopic (exact) mass is 278 g/mol. The average molecular weight is 278 g/mol. The predicted molar refractivity (Wildman–Crippen MR) is 80.2 cm³/mol. The number of unbranched alkanes of at least 4 members (excludes halogenated alkanes) is 1. The second kappa shape index (κ2) is 10.4. The van der Waals surface area contributed by atoms with Crippen LogP contribution in [0.5, 0.6) is 0 Å². The standard InChI is InChI=1S/C17H26O3/c1-2-3-7-15(12-13-18)10-11-17(19)20-14-16-8-5-4-6-9-16/h4-6,8-9,15,18H,2-3,7,10-14H2,1H3. The first-order chi connectivity index (χ1) is 9.76. The van der Waals surface area contributed by atoms with Crippen LogP contribution in [0.3, 0.4) is 0 Å². The van der Waals surface area contributed by atoms with E-state index in [1.807, 2.05) is 30.3 Å². The van der Waals surface area contributed by atoms with Crippen molar-refractivity contribution in [2.24, 2.45) is 5.92 Å². The second-order valence-electron chi connectivity index (χ2n) is 5.21. The molecule has 1 atom stereocenters. The summed E-state index contributed by atoms with van der Waals surface area (Å²) >= 11 is 0. The lowest BCUT2D eigenvalue weighted by atomic mass is 9.94. The summed E-state index contributed by atoms with van der Waals surface area (Å²) in [5.41, 5.74) is 1.01. The van der Waals surface area contributed by atoms with Crippen LogP contribution in [-0.4, -0.2) is 17.7 Å². The van der Waals surface area contributed by atoms with Gasteiger partial charge in [-0.05, 0) is 24.3 Å². The number of aliphatic hydroxyl groups is 1. The first kappa shape index (κ1) is 16.7. The van der Waals surface area contributed by atoms with Crippen LogP contribution < -0.4 is 0 Å². The lowest BCUT2D eigenvalue weighted by Gasteiger charge is -2.14. The van der Waals surface area contributed by atoms with E-state index in [1.54, 1.807) is 0 Å².